The Labute approximate surface area is 97.7 Å². The maximum absolute atomic E-state index is 10.5. The van der Waals surface area contributed by atoms with Crippen LogP contribution in [0.4, 0.5) is 8.78 Å². The molecule has 0 radical (unpaired) electrons. The van der Waals surface area contributed by atoms with E-state index in [2.05, 4.69) is 0 Å². The van der Waals surface area contributed by atoms with Gasteiger partial charge in [-0.25, -0.2) is 8.78 Å². The van der Waals surface area contributed by atoms with Gasteiger partial charge in [-0.3, -0.25) is 0 Å². The first-order valence-corrected chi connectivity index (χ1v) is 1.13. The van der Waals surface area contributed by atoms with E-state index in [1.165, 1.54) is 0 Å². The van der Waals surface area contributed by atoms with Gasteiger partial charge in [0.25, 0.3) is 6.43 Å². The molecule has 0 aromatic heterocycles. The number of aliphatic carboxylic acids is 1. The molecule has 0 aliphatic rings. The molecule has 0 spiro atoms. The molecule has 7 heavy (non-hydrogen) atoms. The summed E-state index contributed by atoms with van der Waals surface area (Å²) in [6.45, 7) is 0. The summed E-state index contributed by atoms with van der Waals surface area (Å²) in [7, 11) is 0. The van der Waals surface area contributed by atoms with Gasteiger partial charge in [0.15, 0.2) is 0 Å². The van der Waals surface area contributed by atoms with E-state index >= 15 is 0 Å². The van der Waals surface area contributed by atoms with Crippen LogP contribution in [0.15, 0.2) is 0 Å². The van der Waals surface area contributed by atoms with Crippen molar-refractivity contribution in [2.45, 2.75) is 6.43 Å². The fourth-order valence-corrected chi connectivity index (χ4v) is 0. The second-order valence-corrected chi connectivity index (χ2v) is 0.620. The Hall–Kier alpha value is 1.38. The van der Waals surface area contributed by atoms with Gasteiger partial charge in [0, 0.05) is 0 Å². The van der Waals surface area contributed by atoms with Gasteiger partial charge >= 0.3 is 68.9 Å². The molecule has 0 aromatic rings. The van der Waals surface area contributed by atoms with E-state index < -0.39 is 12.4 Å². The van der Waals surface area contributed by atoms with E-state index in [4.69, 9.17) is 9.90 Å². The Balaban J connectivity index is 0. The normalized spacial score (nSPS) is 7.86. The molecular formula is C2HCsF2O2. The average Bonchev–Trinajstić information content (AvgIpc) is 1.36. The summed E-state index contributed by atoms with van der Waals surface area (Å²) in [5.41, 5.74) is 0. The number of carbonyl (C=O) groups is 1. The second kappa shape index (κ2) is 5.52. The van der Waals surface area contributed by atoms with Crippen LogP contribution in [0.3, 0.4) is 0 Å². The molecule has 0 aromatic carbocycles. The zero-order chi connectivity index (χ0) is 5.15. The molecule has 0 saturated heterocycles. The Morgan fingerprint density at radius 1 is 1.57 bits per heavy atom. The standard InChI is InChI=1S/C2H2F2O2.Cs/c3-1(4)2(5)6;/h1H,(H,5,6);/q;+1/p-1. The Morgan fingerprint density at radius 3 is 1.71 bits per heavy atom. The maximum atomic E-state index is 10.5. The summed E-state index contributed by atoms with van der Waals surface area (Å²) < 4.78 is 21.0. The van der Waals surface area contributed by atoms with Gasteiger partial charge in [-0.2, -0.15) is 0 Å². The van der Waals surface area contributed by atoms with Crippen molar-refractivity contribution in [3.8, 4) is 0 Å². The van der Waals surface area contributed by atoms with E-state index in [9.17, 15) is 8.78 Å². The zero-order valence-electron chi connectivity index (χ0n) is 3.65. The first-order chi connectivity index (χ1) is 2.64. The van der Waals surface area contributed by atoms with Crippen molar-refractivity contribution in [1.29, 1.82) is 0 Å². The minimum atomic E-state index is -3.34. The van der Waals surface area contributed by atoms with Crippen LogP contribution in [0.25, 0.3) is 0 Å². The molecule has 5 heteroatoms. The topological polar surface area (TPSA) is 40.1 Å². The predicted molar refractivity (Wildman–Crippen MR) is 11.0 cm³/mol. The van der Waals surface area contributed by atoms with Crippen LogP contribution >= 0.6 is 0 Å². The fourth-order valence-electron chi connectivity index (χ4n) is 0. The van der Waals surface area contributed by atoms with E-state index in [0.29, 0.717) is 0 Å². The molecule has 0 saturated carbocycles. The number of halogens is 2. The van der Waals surface area contributed by atoms with Gasteiger partial charge in [0.1, 0.15) is 5.97 Å². The van der Waals surface area contributed by atoms with Gasteiger partial charge in [0.05, 0.1) is 0 Å². The van der Waals surface area contributed by atoms with E-state index in [1.807, 2.05) is 0 Å². The van der Waals surface area contributed by atoms with Crippen LogP contribution in [0.2, 0.25) is 0 Å². The van der Waals surface area contributed by atoms with E-state index in [1.54, 1.807) is 0 Å². The molecule has 0 aliphatic heterocycles. The molecule has 0 fully saturated rings. The maximum Gasteiger partial charge on any atom is 1.00 e. The third kappa shape index (κ3) is 7.38. The molecule has 0 amide bonds. The van der Waals surface area contributed by atoms with Gasteiger partial charge in [0.2, 0.25) is 0 Å². The molecule has 0 rings (SSSR count). The van der Waals surface area contributed by atoms with Crippen LogP contribution in [-0.2, 0) is 4.79 Å². The summed E-state index contributed by atoms with van der Waals surface area (Å²) in [6, 6.07) is 0. The largest absolute Gasteiger partial charge is 1.00 e. The van der Waals surface area contributed by atoms with Crippen molar-refractivity contribution in [2.75, 3.05) is 0 Å². The molecule has 0 heterocycles. The van der Waals surface area contributed by atoms with Crippen molar-refractivity contribution < 1.29 is 87.6 Å². The number of rotatable bonds is 1. The van der Waals surface area contributed by atoms with Crippen LogP contribution in [-0.4, -0.2) is 12.4 Å². The van der Waals surface area contributed by atoms with Crippen molar-refractivity contribution in [3.05, 3.63) is 0 Å². The van der Waals surface area contributed by atoms with Crippen molar-refractivity contribution in [1.82, 2.24) is 0 Å². The second-order valence-electron chi connectivity index (χ2n) is 0.620. The molecule has 0 N–H and O–H groups in total. The first-order valence-electron chi connectivity index (χ1n) is 1.13. The number of hydrogen-bond acceptors (Lipinski definition) is 2. The summed E-state index contributed by atoms with van der Waals surface area (Å²) in [6.07, 6.45) is -3.34. The summed E-state index contributed by atoms with van der Waals surface area (Å²) >= 11 is 0. The molecule has 0 bridgehead atoms. The SMILES string of the molecule is O=C([O-])C(F)F.[Cs+]. The number of carbonyl (C=O) groups excluding carboxylic acids is 1. The van der Waals surface area contributed by atoms with Gasteiger partial charge in [-0.1, -0.05) is 0 Å². The zero-order valence-corrected chi connectivity index (χ0v) is 9.93. The molecule has 36 valence electrons. The number of carboxylic acid groups (broad SMARTS) is 1. The monoisotopic (exact) mass is 228 g/mol. The Bertz CT molecular complexity index is 64.7. The molecule has 0 unspecified atom stereocenters. The third-order valence-corrected chi connectivity index (χ3v) is 0.178. The van der Waals surface area contributed by atoms with Gasteiger partial charge in [-0.05, 0) is 0 Å². The van der Waals surface area contributed by atoms with Crippen LogP contribution in [0.5, 0.6) is 0 Å². The van der Waals surface area contributed by atoms with E-state index in [0.717, 1.165) is 0 Å². The fraction of sp³-hybridized carbons (Fsp3) is 0.500. The van der Waals surface area contributed by atoms with Gasteiger partial charge in [-0.15, -0.1) is 0 Å². The molecular weight excluding hydrogens is 227 g/mol. The number of hydrogen-bond donors (Lipinski definition) is 0. The smallest absolute Gasteiger partial charge is 0.544 e. The first kappa shape index (κ1) is 11.2. The minimum absolute atomic E-state index is 0. The molecule has 0 atom stereocenters. The Kier molecular flexibility index (Phi) is 8.84. The number of carboxylic acids is 1. The summed E-state index contributed by atoms with van der Waals surface area (Å²) in [5.74, 6) is -2.32. The van der Waals surface area contributed by atoms with E-state index in [-0.39, 0.29) is 68.9 Å². The van der Waals surface area contributed by atoms with Crippen molar-refractivity contribution in [2.24, 2.45) is 0 Å². The quantitative estimate of drug-likeness (QED) is 0.459. The minimum Gasteiger partial charge on any atom is -0.544 e. The van der Waals surface area contributed by atoms with Crippen molar-refractivity contribution in [3.63, 3.8) is 0 Å². The predicted octanol–water partition coefficient (Wildman–Crippen LogP) is -3.99. The molecule has 0 aliphatic carbocycles. The van der Waals surface area contributed by atoms with Crippen LogP contribution < -0.4 is 74.0 Å². The van der Waals surface area contributed by atoms with Gasteiger partial charge < -0.3 is 9.90 Å². The summed E-state index contributed by atoms with van der Waals surface area (Å²) in [4.78, 5) is 8.84. The van der Waals surface area contributed by atoms with Crippen LogP contribution in [0.1, 0.15) is 0 Å². The third-order valence-electron chi connectivity index (χ3n) is 0.178. The summed E-state index contributed by atoms with van der Waals surface area (Å²) in [5, 5.41) is 8.84. The van der Waals surface area contributed by atoms with Crippen molar-refractivity contribution >= 4 is 5.97 Å². The van der Waals surface area contributed by atoms with Crippen LogP contribution in [0, 0.1) is 0 Å². The number of alkyl halides is 2. The average molecular weight is 228 g/mol. The Morgan fingerprint density at radius 2 is 1.71 bits per heavy atom. The molecule has 2 nitrogen and oxygen atoms in total.